The van der Waals surface area contributed by atoms with Crippen LogP contribution in [0.25, 0.3) is 5.65 Å². The fraction of sp³-hybridized carbons (Fsp3) is 0.273. The number of morpholine rings is 1. The van der Waals surface area contributed by atoms with Gasteiger partial charge in [-0.25, -0.2) is 10.4 Å². The van der Waals surface area contributed by atoms with Crippen molar-refractivity contribution in [3.8, 4) is 5.75 Å². The van der Waals surface area contributed by atoms with Crippen molar-refractivity contribution in [3.63, 3.8) is 0 Å². The van der Waals surface area contributed by atoms with Crippen molar-refractivity contribution in [1.29, 1.82) is 0 Å². The zero-order chi connectivity index (χ0) is 22.0. The standard InChI is InChI=1S/C22H23N5O4/c1-14-12-26(13-15(2)31-14)20-17(22(30)27-10-6-5-9-19(27)24-20)11-23-25-21(29)16-7-3-4-8-18(16)28/h3-11,14-15,28H,12-13H2,1-2H3,(H,25,29)/b23-11-/t14-,15-/m1/s1. The molecule has 3 heterocycles. The molecule has 3 aromatic rings. The number of fused-ring (bicyclic) bond motifs is 1. The number of hydrazone groups is 1. The third-order valence-corrected chi connectivity index (χ3v) is 4.98. The van der Waals surface area contributed by atoms with Crippen molar-refractivity contribution in [1.82, 2.24) is 14.8 Å². The number of amides is 1. The molecule has 4 rings (SSSR count). The summed E-state index contributed by atoms with van der Waals surface area (Å²) in [6.07, 6.45) is 2.89. The number of anilines is 1. The van der Waals surface area contributed by atoms with Gasteiger partial charge in [-0.3, -0.25) is 14.0 Å². The quantitative estimate of drug-likeness (QED) is 0.491. The van der Waals surface area contributed by atoms with Gasteiger partial charge in [0, 0.05) is 19.3 Å². The first kappa shape index (κ1) is 20.5. The van der Waals surface area contributed by atoms with E-state index < -0.39 is 5.91 Å². The third-order valence-electron chi connectivity index (χ3n) is 4.98. The monoisotopic (exact) mass is 421 g/mol. The summed E-state index contributed by atoms with van der Waals surface area (Å²) in [4.78, 5) is 32.2. The fourth-order valence-electron chi connectivity index (χ4n) is 3.68. The predicted octanol–water partition coefficient (Wildman–Crippen LogP) is 1.78. The zero-order valence-corrected chi connectivity index (χ0v) is 17.2. The first-order valence-electron chi connectivity index (χ1n) is 9.97. The average molecular weight is 421 g/mol. The molecule has 1 fully saturated rings. The number of phenolic OH excluding ortho intramolecular Hbond substituents is 1. The molecule has 0 bridgehead atoms. The normalized spacial score (nSPS) is 19.1. The van der Waals surface area contributed by atoms with Gasteiger partial charge in [-0.2, -0.15) is 5.10 Å². The number of ether oxygens (including phenoxy) is 1. The van der Waals surface area contributed by atoms with Gasteiger partial charge < -0.3 is 14.7 Å². The van der Waals surface area contributed by atoms with Crippen LogP contribution in [-0.2, 0) is 4.74 Å². The minimum Gasteiger partial charge on any atom is -0.507 e. The molecule has 160 valence electrons. The van der Waals surface area contributed by atoms with E-state index in [1.807, 2.05) is 24.8 Å². The van der Waals surface area contributed by atoms with E-state index in [2.05, 4.69) is 15.5 Å². The molecule has 0 unspecified atom stereocenters. The van der Waals surface area contributed by atoms with Crippen LogP contribution in [0.2, 0.25) is 0 Å². The Hall–Kier alpha value is -3.72. The molecule has 0 saturated carbocycles. The van der Waals surface area contributed by atoms with Crippen LogP contribution >= 0.6 is 0 Å². The summed E-state index contributed by atoms with van der Waals surface area (Å²) in [7, 11) is 0. The van der Waals surface area contributed by atoms with Gasteiger partial charge in [-0.15, -0.1) is 0 Å². The van der Waals surface area contributed by atoms with Crippen molar-refractivity contribution >= 4 is 23.6 Å². The van der Waals surface area contributed by atoms with E-state index in [9.17, 15) is 14.7 Å². The summed E-state index contributed by atoms with van der Waals surface area (Å²) in [6.45, 7) is 5.09. The van der Waals surface area contributed by atoms with Gasteiger partial charge in [0.05, 0.1) is 24.0 Å². The molecule has 1 amide bonds. The Bertz CT molecular complexity index is 1200. The molecule has 1 aliphatic heterocycles. The number of carbonyl (C=O) groups is 1. The number of rotatable bonds is 4. The second-order valence-electron chi connectivity index (χ2n) is 7.46. The van der Waals surface area contributed by atoms with Crippen LogP contribution in [0.3, 0.4) is 0 Å². The number of aromatic hydroxyl groups is 1. The minimum atomic E-state index is -0.585. The van der Waals surface area contributed by atoms with E-state index in [4.69, 9.17) is 4.74 Å². The van der Waals surface area contributed by atoms with E-state index in [0.29, 0.717) is 24.6 Å². The van der Waals surface area contributed by atoms with Crippen LogP contribution in [-0.4, -0.2) is 51.9 Å². The highest BCUT2D eigenvalue weighted by Gasteiger charge is 2.26. The number of nitrogens with one attached hydrogen (secondary N) is 1. The highest BCUT2D eigenvalue weighted by atomic mass is 16.5. The first-order chi connectivity index (χ1) is 14.9. The van der Waals surface area contributed by atoms with E-state index in [0.717, 1.165) is 0 Å². The molecule has 0 radical (unpaired) electrons. The van der Waals surface area contributed by atoms with Crippen molar-refractivity contribution < 1.29 is 14.6 Å². The molecule has 9 heteroatoms. The van der Waals surface area contributed by atoms with E-state index >= 15 is 0 Å². The van der Waals surface area contributed by atoms with Crippen LogP contribution in [0, 0.1) is 0 Å². The molecule has 9 nitrogen and oxygen atoms in total. The number of phenols is 1. The van der Waals surface area contributed by atoms with Gasteiger partial charge in [0.1, 0.15) is 22.8 Å². The number of nitrogens with zero attached hydrogens (tertiary/aromatic N) is 4. The maximum atomic E-state index is 13.2. The molecule has 31 heavy (non-hydrogen) atoms. The Morgan fingerprint density at radius 2 is 1.90 bits per heavy atom. The van der Waals surface area contributed by atoms with Crippen LogP contribution in [0.1, 0.15) is 29.8 Å². The molecule has 0 spiro atoms. The van der Waals surface area contributed by atoms with Gasteiger partial charge in [-0.05, 0) is 38.1 Å². The molecular formula is C22H23N5O4. The van der Waals surface area contributed by atoms with E-state index in [1.54, 1.807) is 30.5 Å². The van der Waals surface area contributed by atoms with Gasteiger partial charge in [0.15, 0.2) is 0 Å². The number of benzene rings is 1. The molecule has 1 saturated heterocycles. The van der Waals surface area contributed by atoms with Gasteiger partial charge in [0.25, 0.3) is 11.5 Å². The first-order valence-corrected chi connectivity index (χ1v) is 9.97. The molecule has 2 aromatic heterocycles. The Labute approximate surface area is 178 Å². The largest absolute Gasteiger partial charge is 0.507 e. The summed E-state index contributed by atoms with van der Waals surface area (Å²) < 4.78 is 7.23. The lowest BCUT2D eigenvalue weighted by molar-refractivity contribution is -0.00546. The Morgan fingerprint density at radius 1 is 1.19 bits per heavy atom. The van der Waals surface area contributed by atoms with E-state index in [1.165, 1.54) is 22.7 Å². The van der Waals surface area contributed by atoms with Crippen LogP contribution in [0.15, 0.2) is 58.6 Å². The molecule has 2 N–H and O–H groups in total. The second kappa shape index (κ2) is 8.57. The number of pyridine rings is 1. The predicted molar refractivity (Wildman–Crippen MR) is 117 cm³/mol. The summed E-state index contributed by atoms with van der Waals surface area (Å²) in [5.41, 5.74) is 2.92. The van der Waals surface area contributed by atoms with Crippen molar-refractivity contribution in [2.75, 3.05) is 18.0 Å². The second-order valence-corrected chi connectivity index (χ2v) is 7.46. The number of carbonyl (C=O) groups excluding carboxylic acids is 1. The highest BCUT2D eigenvalue weighted by molar-refractivity contribution is 5.97. The Balaban J connectivity index is 1.71. The molecule has 0 aliphatic carbocycles. The van der Waals surface area contributed by atoms with Gasteiger partial charge in [-0.1, -0.05) is 18.2 Å². The average Bonchev–Trinajstić information content (AvgIpc) is 2.74. The maximum Gasteiger partial charge on any atom is 0.275 e. The van der Waals surface area contributed by atoms with Crippen LogP contribution in [0.4, 0.5) is 5.82 Å². The minimum absolute atomic E-state index is 0.0228. The number of para-hydroxylation sites is 1. The summed E-state index contributed by atoms with van der Waals surface area (Å²) in [5, 5.41) is 13.8. The summed E-state index contributed by atoms with van der Waals surface area (Å²) in [6, 6.07) is 11.5. The molecule has 1 aromatic carbocycles. The Morgan fingerprint density at radius 3 is 2.65 bits per heavy atom. The summed E-state index contributed by atoms with van der Waals surface area (Å²) in [5.74, 6) is -0.253. The lowest BCUT2D eigenvalue weighted by Gasteiger charge is -2.36. The lowest BCUT2D eigenvalue weighted by atomic mass is 10.2. The van der Waals surface area contributed by atoms with Crippen LogP contribution in [0.5, 0.6) is 5.75 Å². The Kier molecular flexibility index (Phi) is 5.68. The van der Waals surface area contributed by atoms with Gasteiger partial charge >= 0.3 is 0 Å². The van der Waals surface area contributed by atoms with Crippen LogP contribution < -0.4 is 15.9 Å². The number of hydrogen-bond acceptors (Lipinski definition) is 7. The third kappa shape index (κ3) is 4.26. The zero-order valence-electron chi connectivity index (χ0n) is 17.2. The lowest BCUT2D eigenvalue weighted by Crippen LogP contribution is -2.47. The maximum absolute atomic E-state index is 13.2. The van der Waals surface area contributed by atoms with Crippen molar-refractivity contribution in [2.24, 2.45) is 5.10 Å². The molecule has 2 atom stereocenters. The number of aromatic nitrogens is 2. The number of hydrogen-bond donors (Lipinski definition) is 2. The topological polar surface area (TPSA) is 109 Å². The van der Waals surface area contributed by atoms with Crippen molar-refractivity contribution in [2.45, 2.75) is 26.1 Å². The summed E-state index contributed by atoms with van der Waals surface area (Å²) >= 11 is 0. The molecule has 1 aliphatic rings. The smallest absolute Gasteiger partial charge is 0.275 e. The van der Waals surface area contributed by atoms with Gasteiger partial charge in [0.2, 0.25) is 0 Å². The highest BCUT2D eigenvalue weighted by Crippen LogP contribution is 2.21. The van der Waals surface area contributed by atoms with E-state index in [-0.39, 0.29) is 34.6 Å². The SMILES string of the molecule is C[C@@H]1CN(c2nc3ccccn3c(=O)c2/C=N\NC(=O)c2ccccc2O)C[C@@H](C)O1. The van der Waals surface area contributed by atoms with Crippen molar-refractivity contribution in [3.05, 3.63) is 70.1 Å². The fourth-order valence-corrected chi connectivity index (χ4v) is 3.68. The molecular weight excluding hydrogens is 398 g/mol.